The van der Waals surface area contributed by atoms with Crippen LogP contribution in [-0.2, 0) is 0 Å². The van der Waals surface area contributed by atoms with Crippen LogP contribution < -0.4 is 4.90 Å². The summed E-state index contributed by atoms with van der Waals surface area (Å²) in [6, 6.07) is 6.59. The monoisotopic (exact) mass is 261 g/mol. The maximum atomic E-state index is 11.0. The zero-order valence-corrected chi connectivity index (χ0v) is 10.8. The van der Waals surface area contributed by atoms with E-state index in [1.807, 2.05) is 18.9 Å². The Labute approximate surface area is 110 Å². The molecule has 1 N–H and O–H groups in total. The molecule has 0 saturated heterocycles. The van der Waals surface area contributed by atoms with E-state index in [0.29, 0.717) is 10.9 Å². The normalized spacial score (nSPS) is 12.4. The summed E-state index contributed by atoms with van der Waals surface area (Å²) in [5, 5.41) is 20.9. The molecule has 1 aromatic heterocycles. The maximum Gasteiger partial charge on any atom is 0.295 e. The van der Waals surface area contributed by atoms with Crippen molar-refractivity contribution in [1.82, 2.24) is 4.98 Å². The van der Waals surface area contributed by atoms with Crippen molar-refractivity contribution in [2.24, 2.45) is 0 Å². The summed E-state index contributed by atoms with van der Waals surface area (Å²) in [4.78, 5) is 16.5. The molecule has 2 aromatic rings. The van der Waals surface area contributed by atoms with Crippen LogP contribution in [0.5, 0.6) is 0 Å². The Bertz CT molecular complexity index is 615. The van der Waals surface area contributed by atoms with E-state index in [1.165, 1.54) is 6.07 Å². The Balaban J connectivity index is 2.64. The minimum atomic E-state index is -0.436. The third-order valence-corrected chi connectivity index (χ3v) is 3.23. The van der Waals surface area contributed by atoms with Gasteiger partial charge in [-0.05, 0) is 13.0 Å². The predicted molar refractivity (Wildman–Crippen MR) is 73.3 cm³/mol. The van der Waals surface area contributed by atoms with Crippen molar-refractivity contribution in [3.8, 4) is 0 Å². The Morgan fingerprint density at radius 3 is 2.84 bits per heavy atom. The second-order valence-corrected chi connectivity index (χ2v) is 4.40. The first kappa shape index (κ1) is 13.2. The van der Waals surface area contributed by atoms with Crippen LogP contribution in [0.4, 0.5) is 11.4 Å². The fourth-order valence-electron chi connectivity index (χ4n) is 1.96. The first-order valence-corrected chi connectivity index (χ1v) is 5.92. The van der Waals surface area contributed by atoms with E-state index in [-0.39, 0.29) is 18.3 Å². The summed E-state index contributed by atoms with van der Waals surface area (Å²) >= 11 is 0. The summed E-state index contributed by atoms with van der Waals surface area (Å²) in [5.74, 6) is 0. The van der Waals surface area contributed by atoms with Gasteiger partial charge in [0.1, 0.15) is 5.52 Å². The smallest absolute Gasteiger partial charge is 0.295 e. The number of nitro benzene ring substituents is 1. The Morgan fingerprint density at radius 2 is 2.21 bits per heavy atom. The van der Waals surface area contributed by atoms with E-state index in [4.69, 9.17) is 0 Å². The highest BCUT2D eigenvalue weighted by Crippen LogP contribution is 2.30. The number of pyridine rings is 1. The maximum absolute atomic E-state index is 11.0. The van der Waals surface area contributed by atoms with Gasteiger partial charge in [0.05, 0.1) is 11.5 Å². The molecule has 6 nitrogen and oxygen atoms in total. The van der Waals surface area contributed by atoms with E-state index in [1.54, 1.807) is 24.4 Å². The van der Waals surface area contributed by atoms with Crippen LogP contribution >= 0.6 is 0 Å². The van der Waals surface area contributed by atoms with Crippen LogP contribution in [0.15, 0.2) is 30.5 Å². The molecule has 0 aliphatic rings. The quantitative estimate of drug-likeness (QED) is 0.672. The number of aliphatic hydroxyl groups is 1. The van der Waals surface area contributed by atoms with Crippen LogP contribution in [-0.4, -0.2) is 34.7 Å². The van der Waals surface area contributed by atoms with Crippen molar-refractivity contribution >= 4 is 22.3 Å². The molecule has 1 aromatic carbocycles. The van der Waals surface area contributed by atoms with E-state index >= 15 is 0 Å². The number of fused-ring (bicyclic) bond motifs is 1. The molecule has 19 heavy (non-hydrogen) atoms. The number of hydrogen-bond acceptors (Lipinski definition) is 5. The minimum absolute atomic E-state index is 0.00917. The summed E-state index contributed by atoms with van der Waals surface area (Å²) in [6.07, 6.45) is 1.55. The second-order valence-electron chi connectivity index (χ2n) is 4.40. The van der Waals surface area contributed by atoms with Crippen LogP contribution in [0.3, 0.4) is 0 Å². The average Bonchev–Trinajstić information content (AvgIpc) is 2.44. The van der Waals surface area contributed by atoms with Crippen molar-refractivity contribution in [3.63, 3.8) is 0 Å². The lowest BCUT2D eigenvalue weighted by atomic mass is 10.1. The lowest BCUT2D eigenvalue weighted by Gasteiger charge is -2.26. The van der Waals surface area contributed by atoms with Gasteiger partial charge < -0.3 is 10.0 Å². The number of non-ortho nitro benzene ring substituents is 1. The first-order valence-electron chi connectivity index (χ1n) is 5.92. The second kappa shape index (κ2) is 5.19. The Morgan fingerprint density at radius 1 is 1.47 bits per heavy atom. The molecule has 6 heteroatoms. The van der Waals surface area contributed by atoms with E-state index < -0.39 is 4.92 Å². The number of rotatable bonds is 4. The number of anilines is 1. The molecule has 0 saturated carbocycles. The number of nitro groups is 1. The van der Waals surface area contributed by atoms with Gasteiger partial charge in [0.25, 0.3) is 5.69 Å². The van der Waals surface area contributed by atoms with Crippen LogP contribution in [0, 0.1) is 10.1 Å². The van der Waals surface area contributed by atoms with Crippen molar-refractivity contribution in [2.75, 3.05) is 18.6 Å². The van der Waals surface area contributed by atoms with Crippen LogP contribution in [0.1, 0.15) is 6.92 Å². The molecular formula is C13H15N3O3. The molecule has 0 spiro atoms. The number of aliphatic hydroxyl groups excluding tert-OH is 1. The molecule has 0 fully saturated rings. The summed E-state index contributed by atoms with van der Waals surface area (Å²) in [5.41, 5.74) is 1.17. The topological polar surface area (TPSA) is 79.5 Å². The van der Waals surface area contributed by atoms with Gasteiger partial charge in [0.15, 0.2) is 0 Å². The number of aromatic nitrogens is 1. The van der Waals surface area contributed by atoms with E-state index in [9.17, 15) is 15.2 Å². The third kappa shape index (κ3) is 2.34. The lowest BCUT2D eigenvalue weighted by molar-refractivity contribution is -0.383. The van der Waals surface area contributed by atoms with Gasteiger partial charge >= 0.3 is 0 Å². The van der Waals surface area contributed by atoms with Gasteiger partial charge in [-0.1, -0.05) is 12.1 Å². The number of benzene rings is 1. The molecule has 1 heterocycles. The number of hydrogen-bond donors (Lipinski definition) is 1. The highest BCUT2D eigenvalue weighted by molar-refractivity contribution is 5.96. The zero-order valence-electron chi connectivity index (χ0n) is 10.8. The van der Waals surface area contributed by atoms with Crippen molar-refractivity contribution in [2.45, 2.75) is 13.0 Å². The summed E-state index contributed by atoms with van der Waals surface area (Å²) in [6.45, 7) is 1.89. The molecule has 1 unspecified atom stereocenters. The lowest BCUT2D eigenvalue weighted by Crippen LogP contribution is -2.31. The van der Waals surface area contributed by atoms with E-state index in [0.717, 1.165) is 5.69 Å². The molecule has 0 aliphatic heterocycles. The van der Waals surface area contributed by atoms with Crippen molar-refractivity contribution in [3.05, 3.63) is 40.6 Å². The molecule has 0 bridgehead atoms. The van der Waals surface area contributed by atoms with Gasteiger partial charge in [-0.3, -0.25) is 10.1 Å². The van der Waals surface area contributed by atoms with Crippen LogP contribution in [0.25, 0.3) is 10.9 Å². The zero-order chi connectivity index (χ0) is 14.0. The van der Waals surface area contributed by atoms with Crippen LogP contribution in [0.2, 0.25) is 0 Å². The molecule has 100 valence electrons. The van der Waals surface area contributed by atoms with Gasteiger partial charge in [0, 0.05) is 36.4 Å². The largest absolute Gasteiger partial charge is 0.394 e. The fourth-order valence-corrected chi connectivity index (χ4v) is 1.96. The molecule has 0 radical (unpaired) electrons. The van der Waals surface area contributed by atoms with Crippen molar-refractivity contribution < 1.29 is 10.0 Å². The molecular weight excluding hydrogens is 246 g/mol. The highest BCUT2D eigenvalue weighted by Gasteiger charge is 2.17. The Kier molecular flexibility index (Phi) is 3.62. The van der Waals surface area contributed by atoms with Gasteiger partial charge in [-0.2, -0.15) is 0 Å². The van der Waals surface area contributed by atoms with E-state index in [2.05, 4.69) is 4.98 Å². The molecule has 0 aliphatic carbocycles. The number of nitrogens with zero attached hydrogens (tertiary/aromatic N) is 3. The van der Waals surface area contributed by atoms with Crippen molar-refractivity contribution in [1.29, 1.82) is 0 Å². The van der Waals surface area contributed by atoms with Gasteiger partial charge in [-0.15, -0.1) is 0 Å². The highest BCUT2D eigenvalue weighted by atomic mass is 16.6. The first-order chi connectivity index (χ1) is 9.06. The molecule has 1 atom stereocenters. The summed E-state index contributed by atoms with van der Waals surface area (Å²) < 4.78 is 0. The molecule has 2 rings (SSSR count). The standard InChI is InChI=1S/C13H15N3O3/c1-9(8-17)15(2)11-6-7-14-13-10(11)4-3-5-12(13)16(18)19/h3-7,9,17H,8H2,1-2H3. The minimum Gasteiger partial charge on any atom is -0.394 e. The number of para-hydroxylation sites is 1. The third-order valence-electron chi connectivity index (χ3n) is 3.23. The van der Waals surface area contributed by atoms with Gasteiger partial charge in [-0.25, -0.2) is 4.98 Å². The number of likely N-dealkylation sites (N-methyl/N-ethyl adjacent to an activating group) is 1. The molecule has 0 amide bonds. The fraction of sp³-hybridized carbons (Fsp3) is 0.308. The Hall–Kier alpha value is -2.21. The summed E-state index contributed by atoms with van der Waals surface area (Å²) in [7, 11) is 1.84. The SMILES string of the molecule is CC(CO)N(C)c1ccnc2c([N+](=O)[O-])cccc12. The average molecular weight is 261 g/mol. The predicted octanol–water partition coefficient (Wildman–Crippen LogP) is 1.96. The van der Waals surface area contributed by atoms with Gasteiger partial charge in [0.2, 0.25) is 0 Å².